The zero-order valence-corrected chi connectivity index (χ0v) is 13.9. The van der Waals surface area contributed by atoms with Gasteiger partial charge in [-0.3, -0.25) is 14.2 Å². The van der Waals surface area contributed by atoms with Crippen LogP contribution in [0.5, 0.6) is 5.75 Å². The first-order valence-electron chi connectivity index (χ1n) is 7.30. The van der Waals surface area contributed by atoms with E-state index < -0.39 is 17.7 Å². The number of halogens is 2. The fraction of sp³-hybridized carbons (Fsp3) is 0.111. The van der Waals surface area contributed by atoms with Crippen LogP contribution in [0.4, 0.5) is 4.39 Å². The van der Waals surface area contributed by atoms with Gasteiger partial charge in [0.15, 0.2) is 0 Å². The first-order valence-corrected chi connectivity index (χ1v) is 7.68. The number of hydrogen-bond donors (Lipinski definition) is 1. The van der Waals surface area contributed by atoms with E-state index in [0.717, 1.165) is 6.07 Å². The van der Waals surface area contributed by atoms with E-state index in [4.69, 9.17) is 21.4 Å². The van der Waals surface area contributed by atoms with Gasteiger partial charge in [0.1, 0.15) is 11.6 Å². The third-order valence-corrected chi connectivity index (χ3v) is 4.04. The Labute approximate surface area is 147 Å². The Kier molecular flexibility index (Phi) is 4.46. The summed E-state index contributed by atoms with van der Waals surface area (Å²) in [7, 11) is 1.36. The number of carboxylic acids is 1. The maximum absolute atomic E-state index is 13.8. The van der Waals surface area contributed by atoms with Crippen LogP contribution in [0, 0.1) is 5.82 Å². The van der Waals surface area contributed by atoms with Crippen molar-refractivity contribution in [3.63, 3.8) is 0 Å². The van der Waals surface area contributed by atoms with Crippen molar-refractivity contribution in [3.8, 4) is 5.75 Å². The van der Waals surface area contributed by atoms with E-state index in [1.807, 2.05) is 0 Å². The lowest BCUT2D eigenvalue weighted by molar-refractivity contribution is -0.136. The summed E-state index contributed by atoms with van der Waals surface area (Å²) in [5, 5.41) is 9.89. The van der Waals surface area contributed by atoms with Gasteiger partial charge >= 0.3 is 5.97 Å². The van der Waals surface area contributed by atoms with Crippen LogP contribution in [0.1, 0.15) is 15.9 Å². The van der Waals surface area contributed by atoms with Crippen LogP contribution >= 0.6 is 11.6 Å². The molecule has 0 saturated carbocycles. The van der Waals surface area contributed by atoms with Crippen molar-refractivity contribution >= 4 is 34.4 Å². The molecule has 3 rings (SSSR count). The van der Waals surface area contributed by atoms with Crippen LogP contribution in [-0.4, -0.2) is 28.7 Å². The van der Waals surface area contributed by atoms with Gasteiger partial charge in [-0.25, -0.2) is 4.39 Å². The number of fused-ring (bicyclic) bond motifs is 1. The highest BCUT2D eigenvalue weighted by Crippen LogP contribution is 2.32. The fourth-order valence-electron chi connectivity index (χ4n) is 2.71. The second kappa shape index (κ2) is 6.57. The van der Waals surface area contributed by atoms with Crippen LogP contribution in [0.2, 0.25) is 5.02 Å². The van der Waals surface area contributed by atoms with Crippen molar-refractivity contribution in [1.82, 2.24) is 4.57 Å². The monoisotopic (exact) mass is 361 g/mol. The number of ether oxygens (including phenoxy) is 1. The van der Waals surface area contributed by atoms with Gasteiger partial charge in [-0.05, 0) is 35.9 Å². The predicted octanol–water partition coefficient (Wildman–Crippen LogP) is 3.76. The molecular weight excluding hydrogens is 349 g/mol. The average molecular weight is 362 g/mol. The van der Waals surface area contributed by atoms with Crippen LogP contribution in [0.25, 0.3) is 10.9 Å². The maximum atomic E-state index is 13.8. The third-order valence-electron chi connectivity index (χ3n) is 3.78. The largest absolute Gasteiger partial charge is 0.494 e. The van der Waals surface area contributed by atoms with E-state index in [1.54, 1.807) is 24.3 Å². The Morgan fingerprint density at radius 1 is 1.24 bits per heavy atom. The first-order chi connectivity index (χ1) is 11.9. The fourth-order valence-corrected chi connectivity index (χ4v) is 2.83. The molecule has 0 saturated heterocycles. The molecule has 0 bridgehead atoms. The summed E-state index contributed by atoms with van der Waals surface area (Å²) in [5.74, 6) is -1.91. The SMILES string of the molecule is COc1cc(F)cc2c(CC(=O)O)cn(C(=O)c3ccc(Cl)cc3)c12. The van der Waals surface area contributed by atoms with Crippen molar-refractivity contribution in [2.24, 2.45) is 0 Å². The average Bonchev–Trinajstić information content (AvgIpc) is 2.92. The molecule has 0 aliphatic rings. The van der Waals surface area contributed by atoms with Gasteiger partial charge < -0.3 is 9.84 Å². The van der Waals surface area contributed by atoms with Gasteiger partial charge in [0.05, 0.1) is 19.0 Å². The Hall–Kier alpha value is -2.86. The lowest BCUT2D eigenvalue weighted by Gasteiger charge is -2.08. The van der Waals surface area contributed by atoms with E-state index in [-0.39, 0.29) is 12.2 Å². The highest BCUT2D eigenvalue weighted by Gasteiger charge is 2.21. The standard InChI is InChI=1S/C18H13ClFNO4/c1-25-15-8-13(20)7-14-11(6-16(22)23)9-21(17(14)15)18(24)10-2-4-12(19)5-3-10/h2-5,7-9H,6H2,1H3,(H,22,23). The smallest absolute Gasteiger partial charge is 0.307 e. The van der Waals surface area contributed by atoms with Crippen LogP contribution in [0.15, 0.2) is 42.6 Å². The molecule has 2 aromatic carbocycles. The summed E-state index contributed by atoms with van der Waals surface area (Å²) in [5.41, 5.74) is 0.997. The second-order valence-electron chi connectivity index (χ2n) is 5.41. The minimum Gasteiger partial charge on any atom is -0.494 e. The van der Waals surface area contributed by atoms with E-state index in [9.17, 15) is 14.0 Å². The molecule has 0 radical (unpaired) electrons. The minimum absolute atomic E-state index is 0.147. The second-order valence-corrected chi connectivity index (χ2v) is 5.85. The molecular formula is C18H13ClFNO4. The number of methoxy groups -OCH3 is 1. The lowest BCUT2D eigenvalue weighted by Crippen LogP contribution is -2.11. The van der Waals surface area contributed by atoms with Crippen LogP contribution < -0.4 is 4.74 Å². The summed E-state index contributed by atoms with van der Waals surface area (Å²) in [6, 6.07) is 8.62. The zero-order chi connectivity index (χ0) is 18.1. The van der Waals surface area contributed by atoms with E-state index in [2.05, 4.69) is 0 Å². The summed E-state index contributed by atoms with van der Waals surface area (Å²) in [6.45, 7) is 0. The normalized spacial score (nSPS) is 10.8. The van der Waals surface area contributed by atoms with Crippen LogP contribution in [0.3, 0.4) is 0 Å². The first kappa shape index (κ1) is 17.0. The third kappa shape index (κ3) is 3.21. The van der Waals surface area contributed by atoms with Gasteiger partial charge in [-0.1, -0.05) is 11.6 Å². The molecule has 25 heavy (non-hydrogen) atoms. The molecule has 5 nitrogen and oxygen atoms in total. The van der Waals surface area contributed by atoms with Gasteiger partial charge in [0, 0.05) is 28.2 Å². The van der Waals surface area contributed by atoms with Crippen molar-refractivity contribution in [3.05, 3.63) is 64.6 Å². The van der Waals surface area contributed by atoms with Crippen molar-refractivity contribution in [2.75, 3.05) is 7.11 Å². The molecule has 1 heterocycles. The number of nitrogens with zero attached hydrogens (tertiary/aromatic N) is 1. The minimum atomic E-state index is -1.08. The molecule has 3 aromatic rings. The molecule has 0 aliphatic heterocycles. The number of aliphatic carboxylic acids is 1. The number of benzene rings is 2. The highest BCUT2D eigenvalue weighted by atomic mass is 35.5. The van der Waals surface area contributed by atoms with E-state index >= 15 is 0 Å². The number of carbonyl (C=O) groups is 2. The molecule has 0 atom stereocenters. The van der Waals surface area contributed by atoms with Gasteiger partial charge in [-0.2, -0.15) is 0 Å². The molecule has 0 aliphatic carbocycles. The number of carboxylic acid groups (broad SMARTS) is 1. The van der Waals surface area contributed by atoms with E-state index in [1.165, 1.54) is 23.9 Å². The summed E-state index contributed by atoms with van der Waals surface area (Å²) in [4.78, 5) is 24.0. The topological polar surface area (TPSA) is 68.5 Å². The molecule has 0 spiro atoms. The lowest BCUT2D eigenvalue weighted by atomic mass is 10.1. The zero-order valence-electron chi connectivity index (χ0n) is 13.1. The number of aromatic nitrogens is 1. The number of hydrogen-bond acceptors (Lipinski definition) is 3. The molecule has 1 aromatic heterocycles. The summed E-state index contributed by atoms with van der Waals surface area (Å²) in [6.07, 6.45) is 1.06. The number of carbonyl (C=O) groups excluding carboxylic acids is 1. The highest BCUT2D eigenvalue weighted by molar-refractivity contribution is 6.30. The summed E-state index contributed by atoms with van der Waals surface area (Å²) < 4.78 is 20.3. The Morgan fingerprint density at radius 3 is 2.52 bits per heavy atom. The molecule has 0 unspecified atom stereocenters. The molecule has 0 amide bonds. The molecule has 7 heteroatoms. The van der Waals surface area contributed by atoms with Gasteiger partial charge in [0.2, 0.25) is 0 Å². The van der Waals surface area contributed by atoms with Gasteiger partial charge in [0.25, 0.3) is 5.91 Å². The maximum Gasteiger partial charge on any atom is 0.307 e. The van der Waals surface area contributed by atoms with Gasteiger partial charge in [-0.15, -0.1) is 0 Å². The van der Waals surface area contributed by atoms with Crippen molar-refractivity contribution < 1.29 is 23.8 Å². The van der Waals surface area contributed by atoms with Crippen molar-refractivity contribution in [2.45, 2.75) is 6.42 Å². The van der Waals surface area contributed by atoms with Crippen LogP contribution in [-0.2, 0) is 11.2 Å². The quantitative estimate of drug-likeness (QED) is 0.768. The Balaban J connectivity index is 2.24. The summed E-state index contributed by atoms with van der Waals surface area (Å²) >= 11 is 5.84. The number of rotatable bonds is 4. The Bertz CT molecular complexity index is 979. The van der Waals surface area contributed by atoms with E-state index in [0.29, 0.717) is 27.1 Å². The molecule has 0 fully saturated rings. The molecule has 128 valence electrons. The molecule has 1 N–H and O–H groups in total. The predicted molar refractivity (Wildman–Crippen MR) is 91.0 cm³/mol. The Morgan fingerprint density at radius 2 is 1.92 bits per heavy atom. The van der Waals surface area contributed by atoms with Crippen molar-refractivity contribution in [1.29, 1.82) is 0 Å².